The highest BCUT2D eigenvalue weighted by atomic mass is 79.9. The van der Waals surface area contributed by atoms with Crippen molar-refractivity contribution in [1.82, 2.24) is 5.32 Å². The van der Waals surface area contributed by atoms with Gasteiger partial charge in [0.25, 0.3) is 5.91 Å². The second-order valence-corrected chi connectivity index (χ2v) is 5.27. The molecule has 0 spiro atoms. The van der Waals surface area contributed by atoms with Crippen LogP contribution in [0, 0.1) is 11.8 Å². The number of amides is 1. The average Bonchev–Trinajstić information content (AvgIpc) is 2.95. The highest BCUT2D eigenvalue weighted by molar-refractivity contribution is 9.10. The van der Waals surface area contributed by atoms with Crippen molar-refractivity contribution in [3.05, 3.63) is 28.2 Å². The predicted molar refractivity (Wildman–Crippen MR) is 68.2 cm³/mol. The molecule has 2 unspecified atom stereocenters. The van der Waals surface area contributed by atoms with Gasteiger partial charge in [-0.2, -0.15) is 0 Å². The fraction of sp³-hybridized carbons (Fsp3) is 0.417. The van der Waals surface area contributed by atoms with Crippen molar-refractivity contribution < 1.29 is 4.79 Å². The molecule has 0 bridgehead atoms. The van der Waals surface area contributed by atoms with E-state index >= 15 is 0 Å². The standard InChI is InChI=1S/C12H15BrN2O/c1-7-4-9(7)6-15-12(16)8-2-3-11(14)10(13)5-8/h2-3,5,7,9H,4,6,14H2,1H3,(H,15,16). The molecule has 0 radical (unpaired) electrons. The molecule has 3 N–H and O–H groups in total. The van der Waals surface area contributed by atoms with Crippen molar-refractivity contribution in [2.45, 2.75) is 13.3 Å². The molecule has 16 heavy (non-hydrogen) atoms. The summed E-state index contributed by atoms with van der Waals surface area (Å²) in [5.74, 6) is 1.40. The molecule has 1 aromatic carbocycles. The fourth-order valence-corrected chi connectivity index (χ4v) is 2.06. The molecule has 0 aliphatic heterocycles. The third-order valence-corrected chi connectivity index (χ3v) is 3.75. The molecule has 4 heteroatoms. The number of carbonyl (C=O) groups is 1. The molecule has 0 aromatic heterocycles. The van der Waals surface area contributed by atoms with Crippen LogP contribution in [-0.2, 0) is 0 Å². The van der Waals surface area contributed by atoms with Crippen molar-refractivity contribution in [2.75, 3.05) is 12.3 Å². The maximum atomic E-state index is 11.8. The Labute approximate surface area is 104 Å². The summed E-state index contributed by atoms with van der Waals surface area (Å²) in [4.78, 5) is 11.8. The lowest BCUT2D eigenvalue weighted by atomic mass is 10.2. The topological polar surface area (TPSA) is 55.1 Å². The zero-order valence-electron chi connectivity index (χ0n) is 9.16. The number of nitrogens with one attached hydrogen (secondary N) is 1. The van der Waals surface area contributed by atoms with Gasteiger partial charge in [0.2, 0.25) is 0 Å². The van der Waals surface area contributed by atoms with Gasteiger partial charge in [-0.15, -0.1) is 0 Å². The first-order valence-corrected chi connectivity index (χ1v) is 6.20. The van der Waals surface area contributed by atoms with Gasteiger partial charge in [0.05, 0.1) is 0 Å². The van der Waals surface area contributed by atoms with E-state index in [9.17, 15) is 4.79 Å². The van der Waals surface area contributed by atoms with E-state index < -0.39 is 0 Å². The van der Waals surface area contributed by atoms with Gasteiger partial charge in [-0.25, -0.2) is 0 Å². The van der Waals surface area contributed by atoms with Crippen LogP contribution < -0.4 is 11.1 Å². The van der Waals surface area contributed by atoms with E-state index in [0.717, 1.165) is 16.9 Å². The van der Waals surface area contributed by atoms with E-state index in [1.165, 1.54) is 6.42 Å². The monoisotopic (exact) mass is 282 g/mol. The maximum Gasteiger partial charge on any atom is 0.251 e. The van der Waals surface area contributed by atoms with Gasteiger partial charge in [-0.05, 0) is 52.4 Å². The van der Waals surface area contributed by atoms with Crippen LogP contribution in [-0.4, -0.2) is 12.5 Å². The number of nitrogen functional groups attached to an aromatic ring is 1. The SMILES string of the molecule is CC1CC1CNC(=O)c1ccc(N)c(Br)c1. The maximum absolute atomic E-state index is 11.8. The number of rotatable bonds is 3. The lowest BCUT2D eigenvalue weighted by Gasteiger charge is -2.05. The van der Waals surface area contributed by atoms with Gasteiger partial charge in [0.1, 0.15) is 0 Å². The quantitative estimate of drug-likeness (QED) is 0.837. The molecular weight excluding hydrogens is 268 g/mol. The van der Waals surface area contributed by atoms with Crippen LogP contribution in [0.15, 0.2) is 22.7 Å². The van der Waals surface area contributed by atoms with Gasteiger partial charge < -0.3 is 11.1 Å². The molecule has 86 valence electrons. The van der Waals surface area contributed by atoms with Crippen molar-refractivity contribution in [2.24, 2.45) is 11.8 Å². The molecule has 3 nitrogen and oxygen atoms in total. The minimum Gasteiger partial charge on any atom is -0.398 e. The van der Waals surface area contributed by atoms with E-state index in [4.69, 9.17) is 5.73 Å². The second-order valence-electron chi connectivity index (χ2n) is 4.42. The van der Waals surface area contributed by atoms with Crippen LogP contribution in [0.4, 0.5) is 5.69 Å². The number of halogens is 1. The van der Waals surface area contributed by atoms with E-state index in [-0.39, 0.29) is 5.91 Å². The van der Waals surface area contributed by atoms with Crippen molar-refractivity contribution >= 4 is 27.5 Å². The van der Waals surface area contributed by atoms with E-state index in [2.05, 4.69) is 28.2 Å². The van der Waals surface area contributed by atoms with Crippen LogP contribution in [0.3, 0.4) is 0 Å². The summed E-state index contributed by atoms with van der Waals surface area (Å²) < 4.78 is 0.764. The number of benzene rings is 1. The molecule has 1 saturated carbocycles. The summed E-state index contributed by atoms with van der Waals surface area (Å²) in [7, 11) is 0. The van der Waals surface area contributed by atoms with Crippen molar-refractivity contribution in [3.8, 4) is 0 Å². The predicted octanol–water partition coefficient (Wildman–Crippen LogP) is 2.42. The molecular formula is C12H15BrN2O. The summed E-state index contributed by atoms with van der Waals surface area (Å²) in [5.41, 5.74) is 6.95. The van der Waals surface area contributed by atoms with Crippen LogP contribution in [0.5, 0.6) is 0 Å². The summed E-state index contributed by atoms with van der Waals surface area (Å²) in [6.07, 6.45) is 1.23. The second kappa shape index (κ2) is 4.45. The first-order chi connectivity index (χ1) is 7.58. The Morgan fingerprint density at radius 3 is 2.88 bits per heavy atom. The van der Waals surface area contributed by atoms with Crippen molar-refractivity contribution in [3.63, 3.8) is 0 Å². The van der Waals surface area contributed by atoms with E-state index in [0.29, 0.717) is 17.2 Å². The highest BCUT2D eigenvalue weighted by Gasteiger charge is 2.32. The number of carbonyl (C=O) groups excluding carboxylic acids is 1. The molecule has 1 aliphatic carbocycles. The third-order valence-electron chi connectivity index (χ3n) is 3.06. The van der Waals surface area contributed by atoms with Crippen LogP contribution in [0.25, 0.3) is 0 Å². The first kappa shape index (κ1) is 11.5. The Hall–Kier alpha value is -1.03. The van der Waals surface area contributed by atoms with Crippen LogP contribution >= 0.6 is 15.9 Å². The Morgan fingerprint density at radius 1 is 1.62 bits per heavy atom. The molecule has 1 fully saturated rings. The minimum atomic E-state index is -0.0280. The minimum absolute atomic E-state index is 0.0280. The number of nitrogens with two attached hydrogens (primary N) is 1. The Morgan fingerprint density at radius 2 is 2.31 bits per heavy atom. The zero-order chi connectivity index (χ0) is 11.7. The Kier molecular flexibility index (Phi) is 3.19. The zero-order valence-corrected chi connectivity index (χ0v) is 10.8. The van der Waals surface area contributed by atoms with Crippen molar-refractivity contribution in [1.29, 1.82) is 0 Å². The summed E-state index contributed by atoms with van der Waals surface area (Å²) >= 11 is 3.31. The highest BCUT2D eigenvalue weighted by Crippen LogP contribution is 2.36. The van der Waals surface area contributed by atoms with Crippen LogP contribution in [0.2, 0.25) is 0 Å². The summed E-state index contributed by atoms with van der Waals surface area (Å²) in [5, 5.41) is 2.94. The average molecular weight is 283 g/mol. The third kappa shape index (κ3) is 2.55. The molecule has 2 rings (SSSR count). The number of hydrogen-bond donors (Lipinski definition) is 2. The van der Waals surface area contributed by atoms with Gasteiger partial charge >= 0.3 is 0 Å². The fourth-order valence-electron chi connectivity index (χ4n) is 1.68. The largest absolute Gasteiger partial charge is 0.398 e. The molecule has 1 aromatic rings. The summed E-state index contributed by atoms with van der Waals surface area (Å²) in [6, 6.07) is 5.23. The smallest absolute Gasteiger partial charge is 0.251 e. The molecule has 1 aliphatic rings. The Bertz CT molecular complexity index is 419. The lowest BCUT2D eigenvalue weighted by Crippen LogP contribution is -2.25. The van der Waals surface area contributed by atoms with Gasteiger partial charge in [0.15, 0.2) is 0 Å². The first-order valence-electron chi connectivity index (χ1n) is 5.41. The molecule has 2 atom stereocenters. The van der Waals surface area contributed by atoms with Gasteiger partial charge in [-0.3, -0.25) is 4.79 Å². The van der Waals surface area contributed by atoms with E-state index in [1.807, 2.05) is 0 Å². The lowest BCUT2D eigenvalue weighted by molar-refractivity contribution is 0.0951. The molecule has 1 amide bonds. The van der Waals surface area contributed by atoms with Gasteiger partial charge in [0, 0.05) is 22.3 Å². The molecule has 0 heterocycles. The summed E-state index contributed by atoms with van der Waals surface area (Å²) in [6.45, 7) is 2.98. The van der Waals surface area contributed by atoms with Crippen LogP contribution in [0.1, 0.15) is 23.7 Å². The van der Waals surface area contributed by atoms with Gasteiger partial charge in [-0.1, -0.05) is 6.92 Å². The molecule has 0 saturated heterocycles. The number of hydrogen-bond acceptors (Lipinski definition) is 2. The number of anilines is 1. The Balaban J connectivity index is 1.95. The van der Waals surface area contributed by atoms with E-state index in [1.54, 1.807) is 18.2 Å². The normalized spacial score (nSPS) is 22.9.